The lowest BCUT2D eigenvalue weighted by Gasteiger charge is -2.34. The zero-order valence-corrected chi connectivity index (χ0v) is 15.4. The van der Waals surface area contributed by atoms with Gasteiger partial charge in [0.2, 0.25) is 0 Å². The van der Waals surface area contributed by atoms with Gasteiger partial charge in [-0.1, -0.05) is 0 Å². The molecule has 1 aromatic heterocycles. The van der Waals surface area contributed by atoms with Gasteiger partial charge in [0.05, 0.1) is 0 Å². The van der Waals surface area contributed by atoms with Gasteiger partial charge in [0.1, 0.15) is 11.6 Å². The third kappa shape index (κ3) is 3.84. The normalized spacial score (nSPS) is 16.6. The van der Waals surface area contributed by atoms with E-state index in [0.717, 1.165) is 24.2 Å². The number of ether oxygens (including phenoxy) is 1. The fourth-order valence-electron chi connectivity index (χ4n) is 3.48. The van der Waals surface area contributed by atoms with Crippen LogP contribution in [0.15, 0.2) is 24.3 Å². The fourth-order valence-corrected chi connectivity index (χ4v) is 3.48. The molecule has 0 spiro atoms. The zero-order chi connectivity index (χ0) is 19.5. The topological polar surface area (TPSA) is 90.6 Å². The molecule has 9 heteroatoms. The van der Waals surface area contributed by atoms with Gasteiger partial charge < -0.3 is 19.9 Å². The number of aromatic nitrogens is 2. The zero-order valence-electron chi connectivity index (χ0n) is 15.4. The molecule has 1 saturated heterocycles. The number of hydrogen-bond acceptors (Lipinski definition) is 5. The standard InChI is InChI=1S/C19H22FN5O3/c20-13-1-3-14(4-2-13)28-12-17(26)24-7-9-25(10-8-24)19(27)18-15-11-21-6-5-16(15)22-23-18/h1-4,21H,5-12H2,(H,22,23). The van der Waals surface area contributed by atoms with Gasteiger partial charge in [-0.05, 0) is 24.3 Å². The Labute approximate surface area is 161 Å². The van der Waals surface area contributed by atoms with E-state index >= 15 is 0 Å². The molecule has 0 aliphatic carbocycles. The summed E-state index contributed by atoms with van der Waals surface area (Å²) in [5.74, 6) is -0.164. The average Bonchev–Trinajstić information content (AvgIpc) is 3.17. The largest absolute Gasteiger partial charge is 0.484 e. The molecule has 2 aliphatic heterocycles. The molecule has 4 rings (SSSR count). The van der Waals surface area contributed by atoms with Gasteiger partial charge in [0.15, 0.2) is 12.3 Å². The number of H-pyrrole nitrogens is 1. The lowest BCUT2D eigenvalue weighted by molar-refractivity contribution is -0.134. The summed E-state index contributed by atoms with van der Waals surface area (Å²) in [7, 11) is 0. The number of rotatable bonds is 4. The summed E-state index contributed by atoms with van der Waals surface area (Å²) < 4.78 is 18.3. The first kappa shape index (κ1) is 18.4. The summed E-state index contributed by atoms with van der Waals surface area (Å²) in [6.07, 6.45) is 0.839. The quantitative estimate of drug-likeness (QED) is 0.800. The van der Waals surface area contributed by atoms with Crippen molar-refractivity contribution in [3.63, 3.8) is 0 Å². The predicted octanol–water partition coefficient (Wildman–Crippen LogP) is 0.558. The molecular formula is C19H22FN5O3. The highest BCUT2D eigenvalue weighted by molar-refractivity contribution is 5.94. The van der Waals surface area contributed by atoms with Crippen molar-refractivity contribution in [1.29, 1.82) is 0 Å². The number of halogens is 1. The predicted molar refractivity (Wildman–Crippen MR) is 98.4 cm³/mol. The lowest BCUT2D eigenvalue weighted by Crippen LogP contribution is -2.51. The van der Waals surface area contributed by atoms with Gasteiger partial charge in [-0.15, -0.1) is 0 Å². The van der Waals surface area contributed by atoms with Gasteiger partial charge in [-0.25, -0.2) is 4.39 Å². The third-order valence-electron chi connectivity index (χ3n) is 5.10. The number of nitrogens with zero attached hydrogens (tertiary/aromatic N) is 3. The highest BCUT2D eigenvalue weighted by atomic mass is 19.1. The SMILES string of the molecule is O=C(COc1ccc(F)cc1)N1CCN(C(=O)c2n[nH]c3c2CNCC3)CC1. The summed E-state index contributed by atoms with van der Waals surface area (Å²) in [4.78, 5) is 28.5. The molecule has 0 bridgehead atoms. The number of nitrogens with one attached hydrogen (secondary N) is 2. The van der Waals surface area contributed by atoms with Gasteiger partial charge >= 0.3 is 0 Å². The van der Waals surface area contributed by atoms with Crippen molar-refractivity contribution in [2.45, 2.75) is 13.0 Å². The van der Waals surface area contributed by atoms with Crippen LogP contribution in [0.4, 0.5) is 4.39 Å². The summed E-state index contributed by atoms with van der Waals surface area (Å²) in [6.45, 7) is 3.21. The second-order valence-electron chi connectivity index (χ2n) is 6.87. The second-order valence-corrected chi connectivity index (χ2v) is 6.87. The number of benzene rings is 1. The Morgan fingerprint density at radius 3 is 2.57 bits per heavy atom. The van der Waals surface area contributed by atoms with Crippen LogP contribution >= 0.6 is 0 Å². The Morgan fingerprint density at radius 1 is 1.11 bits per heavy atom. The maximum Gasteiger partial charge on any atom is 0.274 e. The molecular weight excluding hydrogens is 365 g/mol. The lowest BCUT2D eigenvalue weighted by atomic mass is 10.1. The van der Waals surface area contributed by atoms with Crippen LogP contribution in [0.2, 0.25) is 0 Å². The van der Waals surface area contributed by atoms with E-state index in [1.165, 1.54) is 24.3 Å². The Balaban J connectivity index is 1.29. The number of fused-ring (bicyclic) bond motifs is 1. The minimum absolute atomic E-state index is 0.101. The Bertz CT molecular complexity index is 859. The van der Waals surface area contributed by atoms with Gasteiger partial charge in [-0.3, -0.25) is 14.7 Å². The van der Waals surface area contributed by atoms with Crippen LogP contribution in [0.25, 0.3) is 0 Å². The Morgan fingerprint density at radius 2 is 1.82 bits per heavy atom. The molecule has 0 unspecified atom stereocenters. The van der Waals surface area contributed by atoms with Gasteiger partial charge in [0.25, 0.3) is 11.8 Å². The average molecular weight is 387 g/mol. The Kier molecular flexibility index (Phi) is 5.25. The van der Waals surface area contributed by atoms with Crippen LogP contribution < -0.4 is 10.1 Å². The van der Waals surface area contributed by atoms with Gasteiger partial charge in [-0.2, -0.15) is 5.10 Å². The molecule has 3 heterocycles. The van der Waals surface area contributed by atoms with Crippen LogP contribution in [-0.2, 0) is 17.8 Å². The number of aromatic amines is 1. The maximum atomic E-state index is 12.9. The third-order valence-corrected chi connectivity index (χ3v) is 5.10. The van der Waals surface area contributed by atoms with Crippen molar-refractivity contribution in [3.05, 3.63) is 47.0 Å². The summed E-state index contributed by atoms with van der Waals surface area (Å²) in [5.41, 5.74) is 2.44. The summed E-state index contributed by atoms with van der Waals surface area (Å²) in [5, 5.41) is 10.4. The molecule has 2 N–H and O–H groups in total. The van der Waals surface area contributed by atoms with E-state index in [4.69, 9.17) is 4.74 Å². The molecule has 0 radical (unpaired) electrons. The maximum absolute atomic E-state index is 12.9. The minimum Gasteiger partial charge on any atom is -0.484 e. The Hall–Kier alpha value is -2.94. The molecule has 2 aliphatic rings. The first-order valence-electron chi connectivity index (χ1n) is 9.34. The first-order chi connectivity index (χ1) is 13.6. The number of carbonyl (C=O) groups excluding carboxylic acids is 2. The molecule has 28 heavy (non-hydrogen) atoms. The van der Waals surface area contributed by atoms with Crippen molar-refractivity contribution < 1.29 is 18.7 Å². The fraction of sp³-hybridized carbons (Fsp3) is 0.421. The molecule has 8 nitrogen and oxygen atoms in total. The molecule has 148 valence electrons. The van der Waals surface area contributed by atoms with E-state index in [1.54, 1.807) is 9.80 Å². The van der Waals surface area contributed by atoms with Crippen LogP contribution in [0.1, 0.15) is 21.7 Å². The molecule has 1 aromatic carbocycles. The molecule has 0 atom stereocenters. The van der Waals surface area contributed by atoms with E-state index in [-0.39, 0.29) is 24.2 Å². The highest BCUT2D eigenvalue weighted by Gasteiger charge is 2.29. The van der Waals surface area contributed by atoms with Crippen LogP contribution in [0.5, 0.6) is 5.75 Å². The number of piperazine rings is 1. The van der Waals surface area contributed by atoms with Crippen molar-refractivity contribution in [2.24, 2.45) is 0 Å². The molecule has 2 aromatic rings. The monoisotopic (exact) mass is 387 g/mol. The molecule has 1 fully saturated rings. The van der Waals surface area contributed by atoms with Crippen LogP contribution in [0, 0.1) is 5.82 Å². The molecule has 2 amide bonds. The van der Waals surface area contributed by atoms with E-state index in [1.807, 2.05) is 0 Å². The van der Waals surface area contributed by atoms with Crippen molar-refractivity contribution >= 4 is 11.8 Å². The van der Waals surface area contributed by atoms with Crippen molar-refractivity contribution in [1.82, 2.24) is 25.3 Å². The number of amides is 2. The van der Waals surface area contributed by atoms with Crippen LogP contribution in [0.3, 0.4) is 0 Å². The number of hydrogen-bond donors (Lipinski definition) is 2. The van der Waals surface area contributed by atoms with E-state index in [2.05, 4.69) is 15.5 Å². The minimum atomic E-state index is -0.353. The van der Waals surface area contributed by atoms with E-state index < -0.39 is 0 Å². The summed E-state index contributed by atoms with van der Waals surface area (Å²) in [6, 6.07) is 5.54. The summed E-state index contributed by atoms with van der Waals surface area (Å²) >= 11 is 0. The smallest absolute Gasteiger partial charge is 0.274 e. The molecule has 0 saturated carbocycles. The number of carbonyl (C=O) groups is 2. The van der Waals surface area contributed by atoms with E-state index in [9.17, 15) is 14.0 Å². The van der Waals surface area contributed by atoms with Crippen molar-refractivity contribution in [2.75, 3.05) is 39.3 Å². The van der Waals surface area contributed by atoms with Crippen LogP contribution in [-0.4, -0.2) is 71.1 Å². The highest BCUT2D eigenvalue weighted by Crippen LogP contribution is 2.18. The van der Waals surface area contributed by atoms with E-state index in [0.29, 0.717) is 44.2 Å². The second kappa shape index (κ2) is 7.97. The first-order valence-corrected chi connectivity index (χ1v) is 9.34. The van der Waals surface area contributed by atoms with Crippen molar-refractivity contribution in [3.8, 4) is 5.75 Å². The van der Waals surface area contributed by atoms with Gasteiger partial charge in [0, 0.05) is 56.9 Å².